The van der Waals surface area contributed by atoms with Crippen molar-refractivity contribution in [3.05, 3.63) is 65.2 Å². The van der Waals surface area contributed by atoms with Crippen LogP contribution in [0.4, 0.5) is 5.69 Å². The molecule has 0 fully saturated rings. The third-order valence-electron chi connectivity index (χ3n) is 4.73. The quantitative estimate of drug-likeness (QED) is 0.748. The fourth-order valence-corrected chi connectivity index (χ4v) is 4.00. The summed E-state index contributed by atoms with van der Waals surface area (Å²) in [4.78, 5) is 0. The number of benzene rings is 2. The van der Waals surface area contributed by atoms with E-state index in [4.69, 9.17) is 0 Å². The van der Waals surface area contributed by atoms with E-state index in [1.54, 1.807) is 0 Å². The number of hydrogen-bond donors (Lipinski definition) is 2. The van der Waals surface area contributed by atoms with Gasteiger partial charge in [-0.25, -0.2) is 8.42 Å². The van der Waals surface area contributed by atoms with Crippen molar-refractivity contribution >= 4 is 15.7 Å². The molecular weight excluding hydrogens is 332 g/mol. The van der Waals surface area contributed by atoms with Crippen LogP contribution in [0.15, 0.2) is 48.5 Å². The van der Waals surface area contributed by atoms with E-state index in [-0.39, 0.29) is 0 Å². The van der Waals surface area contributed by atoms with E-state index in [0.29, 0.717) is 5.69 Å². The van der Waals surface area contributed by atoms with Crippen LogP contribution < -0.4 is 10.0 Å². The maximum absolute atomic E-state index is 11.2. The molecule has 0 saturated heterocycles. The summed E-state index contributed by atoms with van der Waals surface area (Å²) in [6.07, 6.45) is 5.74. The molecule has 0 aromatic heterocycles. The Balaban J connectivity index is 1.40. The van der Waals surface area contributed by atoms with Gasteiger partial charge < -0.3 is 5.32 Å². The van der Waals surface area contributed by atoms with Crippen LogP contribution in [0.3, 0.4) is 0 Å². The average molecular weight is 359 g/mol. The largest absolute Gasteiger partial charge is 0.316 e. The van der Waals surface area contributed by atoms with Crippen LogP contribution >= 0.6 is 0 Å². The predicted molar refractivity (Wildman–Crippen MR) is 103 cm³/mol. The fraction of sp³-hybridized carbons (Fsp3) is 0.400. The number of nitrogens with one attached hydrogen (secondary N) is 2. The van der Waals surface area contributed by atoms with Gasteiger partial charge in [0.05, 0.1) is 6.26 Å². The first kappa shape index (κ1) is 18.0. The first-order valence-corrected chi connectivity index (χ1v) is 10.7. The van der Waals surface area contributed by atoms with E-state index in [1.807, 2.05) is 24.3 Å². The summed E-state index contributed by atoms with van der Waals surface area (Å²) < 4.78 is 24.9. The topological polar surface area (TPSA) is 58.2 Å². The van der Waals surface area contributed by atoms with Crippen molar-refractivity contribution < 1.29 is 8.42 Å². The Bertz CT molecular complexity index is 801. The molecule has 1 unspecified atom stereocenters. The molecule has 0 bridgehead atoms. The monoisotopic (exact) mass is 358 g/mol. The third kappa shape index (κ3) is 5.58. The Morgan fingerprint density at radius 2 is 1.76 bits per heavy atom. The first-order valence-electron chi connectivity index (χ1n) is 8.84. The van der Waals surface area contributed by atoms with Crippen molar-refractivity contribution in [2.24, 2.45) is 5.92 Å². The van der Waals surface area contributed by atoms with Crippen molar-refractivity contribution in [1.82, 2.24) is 5.32 Å². The Kier molecular flexibility index (Phi) is 5.76. The molecule has 0 saturated carbocycles. The summed E-state index contributed by atoms with van der Waals surface area (Å²) in [5.74, 6) is 0.719. The zero-order valence-electron chi connectivity index (χ0n) is 14.7. The minimum absolute atomic E-state index is 0.611. The Hall–Kier alpha value is -1.85. The lowest BCUT2D eigenvalue weighted by molar-refractivity contribution is 0.426. The summed E-state index contributed by atoms with van der Waals surface area (Å²) in [5.41, 5.74) is 4.84. The molecule has 4 nitrogen and oxygen atoms in total. The highest BCUT2D eigenvalue weighted by Crippen LogP contribution is 2.24. The van der Waals surface area contributed by atoms with Crippen molar-refractivity contribution in [2.75, 3.05) is 24.1 Å². The molecule has 1 aliphatic rings. The van der Waals surface area contributed by atoms with Crippen molar-refractivity contribution in [3.8, 4) is 0 Å². The lowest BCUT2D eigenvalue weighted by atomic mass is 9.84. The third-order valence-corrected chi connectivity index (χ3v) is 5.34. The van der Waals surface area contributed by atoms with Crippen LogP contribution in [-0.4, -0.2) is 27.8 Å². The molecule has 1 atom stereocenters. The molecule has 25 heavy (non-hydrogen) atoms. The Labute approximate surface area is 150 Å². The van der Waals surface area contributed by atoms with Crippen molar-refractivity contribution in [1.29, 1.82) is 0 Å². The van der Waals surface area contributed by atoms with Crippen LogP contribution in [-0.2, 0) is 29.3 Å². The van der Waals surface area contributed by atoms with Gasteiger partial charge in [-0.05, 0) is 73.5 Å². The maximum atomic E-state index is 11.2. The van der Waals surface area contributed by atoms with E-state index in [1.165, 1.54) is 36.0 Å². The molecule has 0 aliphatic heterocycles. The van der Waals surface area contributed by atoms with Gasteiger partial charge in [-0.15, -0.1) is 0 Å². The van der Waals surface area contributed by atoms with Crippen LogP contribution in [0.1, 0.15) is 23.1 Å². The normalized spacial score (nSPS) is 17.1. The number of rotatable bonds is 7. The molecule has 134 valence electrons. The van der Waals surface area contributed by atoms with E-state index in [2.05, 4.69) is 34.3 Å². The number of aryl methyl sites for hydroxylation is 1. The van der Waals surface area contributed by atoms with Crippen LogP contribution in [0.5, 0.6) is 0 Å². The highest BCUT2D eigenvalue weighted by Gasteiger charge is 2.17. The lowest BCUT2D eigenvalue weighted by Crippen LogP contribution is -2.28. The van der Waals surface area contributed by atoms with Gasteiger partial charge >= 0.3 is 0 Å². The van der Waals surface area contributed by atoms with E-state index >= 15 is 0 Å². The van der Waals surface area contributed by atoms with Crippen molar-refractivity contribution in [2.45, 2.75) is 25.7 Å². The number of sulfonamides is 1. The van der Waals surface area contributed by atoms with Gasteiger partial charge in [-0.1, -0.05) is 36.4 Å². The summed E-state index contributed by atoms with van der Waals surface area (Å²) in [7, 11) is -3.21. The second kappa shape index (κ2) is 8.02. The standard InChI is InChI=1S/C20H26N2O2S/c1-25(23,24)22-20-10-7-16(8-11-20)12-13-21-15-17-6-9-18-4-2-3-5-19(18)14-17/h2-5,7-8,10-11,17,21-22H,6,9,12-15H2,1H3. The van der Waals surface area contributed by atoms with Gasteiger partial charge in [0.25, 0.3) is 0 Å². The van der Waals surface area contributed by atoms with Crippen LogP contribution in [0, 0.1) is 5.92 Å². The summed E-state index contributed by atoms with van der Waals surface area (Å²) in [6, 6.07) is 16.4. The van der Waals surface area contributed by atoms with E-state index in [9.17, 15) is 8.42 Å². The zero-order valence-corrected chi connectivity index (χ0v) is 15.5. The molecule has 1 aliphatic carbocycles. The van der Waals surface area contributed by atoms with Gasteiger partial charge in [0.1, 0.15) is 0 Å². The average Bonchev–Trinajstić information content (AvgIpc) is 2.59. The minimum atomic E-state index is -3.21. The van der Waals surface area contributed by atoms with Gasteiger partial charge in [0.15, 0.2) is 0 Å². The molecule has 0 radical (unpaired) electrons. The first-order chi connectivity index (χ1) is 12.0. The highest BCUT2D eigenvalue weighted by molar-refractivity contribution is 7.92. The molecule has 2 aromatic carbocycles. The molecular formula is C20H26N2O2S. The number of hydrogen-bond acceptors (Lipinski definition) is 3. The maximum Gasteiger partial charge on any atom is 0.229 e. The lowest BCUT2D eigenvalue weighted by Gasteiger charge is -2.24. The van der Waals surface area contributed by atoms with Crippen molar-refractivity contribution in [3.63, 3.8) is 0 Å². The van der Waals surface area contributed by atoms with Gasteiger partial charge in [-0.3, -0.25) is 4.72 Å². The molecule has 0 heterocycles. The second-order valence-electron chi connectivity index (χ2n) is 6.90. The predicted octanol–water partition coefficient (Wildman–Crippen LogP) is 3.00. The molecule has 3 rings (SSSR count). The van der Waals surface area contributed by atoms with Gasteiger partial charge in [-0.2, -0.15) is 0 Å². The molecule has 5 heteroatoms. The van der Waals surface area contributed by atoms with Crippen LogP contribution in [0.25, 0.3) is 0 Å². The number of fused-ring (bicyclic) bond motifs is 1. The molecule has 0 spiro atoms. The summed E-state index contributed by atoms with van der Waals surface area (Å²) >= 11 is 0. The summed E-state index contributed by atoms with van der Waals surface area (Å²) in [5, 5.41) is 3.58. The summed E-state index contributed by atoms with van der Waals surface area (Å²) in [6.45, 7) is 2.00. The Morgan fingerprint density at radius 1 is 1.04 bits per heavy atom. The van der Waals surface area contributed by atoms with Gasteiger partial charge in [0, 0.05) is 5.69 Å². The molecule has 2 aromatic rings. The fourth-order valence-electron chi connectivity index (χ4n) is 3.44. The SMILES string of the molecule is CS(=O)(=O)Nc1ccc(CCNCC2CCc3ccccc3C2)cc1. The van der Waals surface area contributed by atoms with Gasteiger partial charge in [0.2, 0.25) is 10.0 Å². The van der Waals surface area contributed by atoms with E-state index < -0.39 is 10.0 Å². The Morgan fingerprint density at radius 3 is 2.48 bits per heavy atom. The smallest absolute Gasteiger partial charge is 0.229 e. The van der Waals surface area contributed by atoms with E-state index in [0.717, 1.165) is 31.7 Å². The zero-order chi connectivity index (χ0) is 17.7. The molecule has 0 amide bonds. The van der Waals surface area contributed by atoms with Crippen LogP contribution in [0.2, 0.25) is 0 Å². The highest BCUT2D eigenvalue weighted by atomic mass is 32.2. The molecule has 2 N–H and O–H groups in total. The second-order valence-corrected chi connectivity index (χ2v) is 8.65. The minimum Gasteiger partial charge on any atom is -0.316 e. The number of anilines is 1.